The smallest absolute Gasteiger partial charge is 0.224 e. The predicted molar refractivity (Wildman–Crippen MR) is 80.2 cm³/mol. The summed E-state index contributed by atoms with van der Waals surface area (Å²) in [5.41, 5.74) is 0.958. The molecular formula is C14H17NO2S2. The van der Waals surface area contributed by atoms with Crippen molar-refractivity contribution >= 4 is 29.0 Å². The van der Waals surface area contributed by atoms with Crippen LogP contribution in [-0.2, 0) is 11.3 Å². The van der Waals surface area contributed by atoms with Crippen LogP contribution < -0.4 is 5.32 Å². The molecule has 5 heteroatoms. The fourth-order valence-corrected chi connectivity index (χ4v) is 3.80. The highest BCUT2D eigenvalue weighted by atomic mass is 32.2. The molecule has 1 amide bonds. The zero-order valence-electron chi connectivity index (χ0n) is 10.6. The summed E-state index contributed by atoms with van der Waals surface area (Å²) >= 11 is 3.46. The van der Waals surface area contributed by atoms with Crippen molar-refractivity contribution in [3.63, 3.8) is 0 Å². The highest BCUT2D eigenvalue weighted by molar-refractivity contribution is 7.99. The standard InChI is InChI=1S/C14H17NO2S2/c16-5-2-1-3-11-7-13(19-9-11)8-15-14(17)12-4-6-18-10-12/h7,9,12,16H,2,4-6,8,10H2,(H,15,17). The molecule has 1 atom stereocenters. The molecule has 2 heterocycles. The fraction of sp³-hybridized carbons (Fsp3) is 0.500. The number of rotatable bonds is 4. The molecule has 0 aromatic carbocycles. The monoisotopic (exact) mass is 295 g/mol. The van der Waals surface area contributed by atoms with Gasteiger partial charge < -0.3 is 10.4 Å². The lowest BCUT2D eigenvalue weighted by Crippen LogP contribution is -2.29. The Labute approximate surface area is 121 Å². The van der Waals surface area contributed by atoms with E-state index in [2.05, 4.69) is 17.2 Å². The predicted octanol–water partition coefficient (Wildman–Crippen LogP) is 1.85. The quantitative estimate of drug-likeness (QED) is 0.834. The average Bonchev–Trinajstić information content (AvgIpc) is 3.08. The van der Waals surface area contributed by atoms with Crippen molar-refractivity contribution in [3.8, 4) is 11.8 Å². The van der Waals surface area contributed by atoms with Crippen molar-refractivity contribution in [1.29, 1.82) is 0 Å². The Morgan fingerprint density at radius 3 is 3.21 bits per heavy atom. The van der Waals surface area contributed by atoms with E-state index in [1.165, 1.54) is 0 Å². The summed E-state index contributed by atoms with van der Waals surface area (Å²) in [5, 5.41) is 13.6. The molecule has 2 rings (SSSR count). The molecule has 0 saturated carbocycles. The van der Waals surface area contributed by atoms with Crippen LogP contribution in [-0.4, -0.2) is 29.1 Å². The number of thioether (sulfide) groups is 1. The van der Waals surface area contributed by atoms with Crippen molar-refractivity contribution in [2.75, 3.05) is 18.1 Å². The van der Waals surface area contributed by atoms with E-state index in [0.717, 1.165) is 28.4 Å². The first kappa shape index (κ1) is 14.4. The minimum Gasteiger partial charge on any atom is -0.395 e. The van der Waals surface area contributed by atoms with Crippen LogP contribution in [0.5, 0.6) is 0 Å². The maximum atomic E-state index is 11.9. The third-order valence-electron chi connectivity index (χ3n) is 2.86. The van der Waals surface area contributed by atoms with Crippen molar-refractivity contribution in [3.05, 3.63) is 21.9 Å². The van der Waals surface area contributed by atoms with Gasteiger partial charge in [-0.15, -0.1) is 11.3 Å². The van der Waals surface area contributed by atoms with Crippen LogP contribution in [0, 0.1) is 17.8 Å². The summed E-state index contributed by atoms with van der Waals surface area (Å²) in [6.07, 6.45) is 1.50. The van der Waals surface area contributed by atoms with Crippen molar-refractivity contribution in [2.24, 2.45) is 5.92 Å². The first-order valence-electron chi connectivity index (χ1n) is 6.32. The lowest BCUT2D eigenvalue weighted by atomic mass is 10.1. The van der Waals surface area contributed by atoms with Gasteiger partial charge in [0.05, 0.1) is 13.2 Å². The Kier molecular flexibility index (Phi) is 5.77. The van der Waals surface area contributed by atoms with Gasteiger partial charge in [0.25, 0.3) is 0 Å². The van der Waals surface area contributed by atoms with Crippen molar-refractivity contribution < 1.29 is 9.90 Å². The Hall–Kier alpha value is -0.960. The average molecular weight is 295 g/mol. The largest absolute Gasteiger partial charge is 0.395 e. The molecule has 1 aliphatic rings. The van der Waals surface area contributed by atoms with Gasteiger partial charge in [0.1, 0.15) is 0 Å². The van der Waals surface area contributed by atoms with Gasteiger partial charge >= 0.3 is 0 Å². The minimum absolute atomic E-state index is 0.0967. The molecule has 1 aromatic heterocycles. The maximum absolute atomic E-state index is 11.9. The number of nitrogens with one attached hydrogen (secondary N) is 1. The topological polar surface area (TPSA) is 49.3 Å². The summed E-state index contributed by atoms with van der Waals surface area (Å²) in [6.45, 7) is 0.686. The van der Waals surface area contributed by atoms with Gasteiger partial charge in [0.15, 0.2) is 0 Å². The van der Waals surface area contributed by atoms with E-state index in [-0.39, 0.29) is 18.4 Å². The first-order valence-corrected chi connectivity index (χ1v) is 8.35. The molecule has 1 saturated heterocycles. The summed E-state index contributed by atoms with van der Waals surface area (Å²) < 4.78 is 0. The molecule has 102 valence electrons. The van der Waals surface area contributed by atoms with Gasteiger partial charge in [0.2, 0.25) is 5.91 Å². The van der Waals surface area contributed by atoms with Crippen molar-refractivity contribution in [2.45, 2.75) is 19.4 Å². The van der Waals surface area contributed by atoms with Gasteiger partial charge in [-0.3, -0.25) is 4.79 Å². The van der Waals surface area contributed by atoms with Crippen molar-refractivity contribution in [1.82, 2.24) is 5.32 Å². The molecule has 1 unspecified atom stereocenters. The van der Waals surface area contributed by atoms with Gasteiger partial charge in [-0.1, -0.05) is 11.8 Å². The Morgan fingerprint density at radius 1 is 1.58 bits per heavy atom. The van der Waals surface area contributed by atoms with Crippen LogP contribution in [0.4, 0.5) is 0 Å². The number of thiophene rings is 1. The SMILES string of the molecule is O=C(NCc1cc(C#CCCO)cs1)C1CCSC1. The fourth-order valence-electron chi connectivity index (χ4n) is 1.82. The molecule has 0 radical (unpaired) electrons. The second-order valence-corrected chi connectivity index (χ2v) is 6.50. The lowest BCUT2D eigenvalue weighted by Gasteiger charge is -2.08. The van der Waals surface area contributed by atoms with E-state index in [1.54, 1.807) is 11.3 Å². The number of aliphatic hydroxyl groups excluding tert-OH is 1. The number of aliphatic hydroxyl groups is 1. The zero-order valence-corrected chi connectivity index (χ0v) is 12.3. The molecule has 1 fully saturated rings. The van der Waals surface area contributed by atoms with Gasteiger partial charge in [-0.25, -0.2) is 0 Å². The second kappa shape index (κ2) is 7.59. The van der Waals surface area contributed by atoms with E-state index in [1.807, 2.05) is 23.2 Å². The number of carbonyl (C=O) groups excluding carboxylic acids is 1. The van der Waals surface area contributed by atoms with Gasteiger partial charge in [-0.2, -0.15) is 11.8 Å². The molecule has 0 aliphatic carbocycles. The van der Waals surface area contributed by atoms with E-state index in [0.29, 0.717) is 13.0 Å². The van der Waals surface area contributed by atoms with E-state index >= 15 is 0 Å². The van der Waals surface area contributed by atoms with E-state index in [9.17, 15) is 4.79 Å². The molecule has 0 spiro atoms. The minimum atomic E-state index is 0.0967. The van der Waals surface area contributed by atoms with Crippen LogP contribution in [0.3, 0.4) is 0 Å². The molecule has 1 aromatic rings. The van der Waals surface area contributed by atoms with E-state index in [4.69, 9.17) is 5.11 Å². The highest BCUT2D eigenvalue weighted by Crippen LogP contribution is 2.23. The second-order valence-electron chi connectivity index (χ2n) is 4.36. The molecule has 0 bridgehead atoms. The summed E-state index contributed by atoms with van der Waals surface area (Å²) in [5.74, 6) is 8.30. The normalized spacial score (nSPS) is 17.8. The Bertz CT molecular complexity index is 481. The number of amides is 1. The third-order valence-corrected chi connectivity index (χ3v) is 4.96. The Morgan fingerprint density at radius 2 is 2.47 bits per heavy atom. The number of carbonyl (C=O) groups is 1. The molecule has 2 N–H and O–H groups in total. The maximum Gasteiger partial charge on any atom is 0.224 e. The van der Waals surface area contributed by atoms with Gasteiger partial charge in [-0.05, 0) is 18.2 Å². The molecule has 19 heavy (non-hydrogen) atoms. The van der Waals surface area contributed by atoms with Crippen LogP contribution in [0.15, 0.2) is 11.4 Å². The third kappa shape index (κ3) is 4.57. The molecule has 3 nitrogen and oxygen atoms in total. The van der Waals surface area contributed by atoms with Crippen LogP contribution in [0.25, 0.3) is 0 Å². The summed E-state index contributed by atoms with van der Waals surface area (Å²) in [4.78, 5) is 13.0. The lowest BCUT2D eigenvalue weighted by molar-refractivity contribution is -0.124. The van der Waals surface area contributed by atoms with Gasteiger partial charge in [0, 0.05) is 33.9 Å². The van der Waals surface area contributed by atoms with Crippen LogP contribution in [0.1, 0.15) is 23.3 Å². The Balaban J connectivity index is 1.80. The zero-order chi connectivity index (χ0) is 13.5. The van der Waals surface area contributed by atoms with E-state index < -0.39 is 0 Å². The highest BCUT2D eigenvalue weighted by Gasteiger charge is 2.22. The number of hydrogen-bond donors (Lipinski definition) is 2. The number of hydrogen-bond acceptors (Lipinski definition) is 4. The summed E-state index contributed by atoms with van der Waals surface area (Å²) in [6, 6.07) is 2.00. The first-order chi connectivity index (χ1) is 9.29. The van der Waals surface area contributed by atoms with Crippen LogP contribution >= 0.6 is 23.1 Å². The molecular weight excluding hydrogens is 278 g/mol. The summed E-state index contributed by atoms with van der Waals surface area (Å²) in [7, 11) is 0. The molecule has 1 aliphatic heterocycles. The van der Waals surface area contributed by atoms with Crippen LogP contribution in [0.2, 0.25) is 0 Å².